The molecule has 9 nitrogen and oxygen atoms in total. The van der Waals surface area contributed by atoms with Gasteiger partial charge in [-0.3, -0.25) is 4.79 Å². The fourth-order valence-corrected chi connectivity index (χ4v) is 6.01. The Morgan fingerprint density at radius 2 is 1.62 bits per heavy atom. The predicted octanol–water partition coefficient (Wildman–Crippen LogP) is 4.20. The summed E-state index contributed by atoms with van der Waals surface area (Å²) in [5.41, 5.74) is 0.713. The molecular formula is C27H39N3O6S. The van der Waals surface area contributed by atoms with Gasteiger partial charge in [-0.1, -0.05) is 6.92 Å². The Morgan fingerprint density at radius 1 is 1.03 bits per heavy atom. The van der Waals surface area contributed by atoms with Crippen molar-refractivity contribution in [2.45, 2.75) is 57.0 Å². The van der Waals surface area contributed by atoms with Crippen molar-refractivity contribution >= 4 is 21.6 Å². The molecular weight excluding hydrogens is 494 g/mol. The summed E-state index contributed by atoms with van der Waals surface area (Å²) < 4.78 is 44.3. The van der Waals surface area contributed by atoms with E-state index in [-0.39, 0.29) is 10.8 Å². The molecule has 0 spiro atoms. The van der Waals surface area contributed by atoms with Crippen LogP contribution in [0.25, 0.3) is 0 Å². The van der Waals surface area contributed by atoms with Crippen LogP contribution in [0, 0.1) is 5.92 Å². The van der Waals surface area contributed by atoms with Crippen LogP contribution >= 0.6 is 0 Å². The van der Waals surface area contributed by atoms with E-state index in [0.29, 0.717) is 47.5 Å². The highest BCUT2D eigenvalue weighted by Gasteiger charge is 2.30. The number of piperidine rings is 1. The average Bonchev–Trinajstić information content (AvgIpc) is 2.85. The molecule has 0 bridgehead atoms. The van der Waals surface area contributed by atoms with Crippen LogP contribution < -0.4 is 24.8 Å². The molecule has 1 amide bonds. The lowest BCUT2D eigenvalue weighted by atomic mass is 10.0. The van der Waals surface area contributed by atoms with E-state index in [4.69, 9.17) is 14.2 Å². The van der Waals surface area contributed by atoms with E-state index in [1.807, 2.05) is 20.8 Å². The summed E-state index contributed by atoms with van der Waals surface area (Å²) >= 11 is 0. The first kappa shape index (κ1) is 28.6. The fourth-order valence-electron chi connectivity index (χ4n) is 4.41. The number of methoxy groups -OCH3 is 3. The van der Waals surface area contributed by atoms with Gasteiger partial charge in [-0.15, -0.1) is 0 Å². The molecule has 2 aromatic carbocycles. The lowest BCUT2D eigenvalue weighted by Gasteiger charge is -2.30. The molecule has 2 aromatic rings. The molecule has 10 heteroatoms. The van der Waals surface area contributed by atoms with E-state index in [9.17, 15) is 13.2 Å². The fraction of sp³-hybridized carbons (Fsp3) is 0.519. The maximum atomic E-state index is 13.4. The van der Waals surface area contributed by atoms with Gasteiger partial charge in [0.15, 0.2) is 11.5 Å². The zero-order valence-corrected chi connectivity index (χ0v) is 23.6. The van der Waals surface area contributed by atoms with Crippen LogP contribution in [0.4, 0.5) is 5.69 Å². The van der Waals surface area contributed by atoms with Gasteiger partial charge in [-0.05, 0) is 81.5 Å². The molecule has 1 saturated heterocycles. The smallest absolute Gasteiger partial charge is 0.247 e. The Hall–Kier alpha value is -2.98. The molecule has 0 saturated carbocycles. The first-order valence-electron chi connectivity index (χ1n) is 12.4. The summed E-state index contributed by atoms with van der Waals surface area (Å²) in [7, 11) is 0.967. The van der Waals surface area contributed by atoms with Gasteiger partial charge in [-0.2, -0.15) is 4.31 Å². The summed E-state index contributed by atoms with van der Waals surface area (Å²) in [4.78, 5) is 13.6. The predicted molar refractivity (Wildman–Crippen MR) is 144 cm³/mol. The molecule has 0 unspecified atom stereocenters. The quantitative estimate of drug-likeness (QED) is 0.498. The van der Waals surface area contributed by atoms with Crippen LogP contribution in [0.15, 0.2) is 41.3 Å². The van der Waals surface area contributed by atoms with E-state index < -0.39 is 21.6 Å². The third-order valence-electron chi connectivity index (χ3n) is 6.20. The number of sulfonamides is 1. The Labute approximate surface area is 220 Å². The summed E-state index contributed by atoms with van der Waals surface area (Å²) in [6, 6.07) is 9.12. The molecule has 37 heavy (non-hydrogen) atoms. The van der Waals surface area contributed by atoms with Crippen molar-refractivity contribution in [3.05, 3.63) is 42.0 Å². The number of hydrogen-bond donors (Lipinski definition) is 2. The summed E-state index contributed by atoms with van der Waals surface area (Å²) in [5.74, 6) is 1.34. The third-order valence-corrected chi connectivity index (χ3v) is 8.08. The van der Waals surface area contributed by atoms with Crippen molar-refractivity contribution in [1.29, 1.82) is 0 Å². The second-order valence-corrected chi connectivity index (χ2v) is 12.3. The number of amides is 1. The van der Waals surface area contributed by atoms with Crippen LogP contribution in [-0.2, 0) is 14.8 Å². The van der Waals surface area contributed by atoms with Gasteiger partial charge in [0.25, 0.3) is 0 Å². The van der Waals surface area contributed by atoms with Gasteiger partial charge in [0.2, 0.25) is 21.7 Å². The molecule has 1 heterocycles. The highest BCUT2D eigenvalue weighted by atomic mass is 32.2. The van der Waals surface area contributed by atoms with Gasteiger partial charge in [0.05, 0.1) is 26.2 Å². The number of nitrogens with zero attached hydrogens (tertiary/aromatic N) is 1. The molecule has 3 rings (SSSR count). The Kier molecular flexibility index (Phi) is 8.96. The molecule has 0 radical (unpaired) electrons. The molecule has 0 aromatic heterocycles. The molecule has 1 aliphatic rings. The highest BCUT2D eigenvalue weighted by Crippen LogP contribution is 2.40. The van der Waals surface area contributed by atoms with Crippen LogP contribution in [-0.4, -0.2) is 58.6 Å². The monoisotopic (exact) mass is 533 g/mol. The summed E-state index contributed by atoms with van der Waals surface area (Å²) in [6.45, 7) is 8.83. The summed E-state index contributed by atoms with van der Waals surface area (Å²) in [5, 5.41) is 6.26. The van der Waals surface area contributed by atoms with Crippen molar-refractivity contribution < 1.29 is 27.4 Å². The Balaban J connectivity index is 1.94. The molecule has 2 N–H and O–H groups in total. The van der Waals surface area contributed by atoms with Gasteiger partial charge in [-0.25, -0.2) is 8.42 Å². The minimum atomic E-state index is -3.58. The largest absolute Gasteiger partial charge is 0.493 e. The molecule has 0 aliphatic carbocycles. The number of nitrogens with one attached hydrogen (secondary N) is 2. The summed E-state index contributed by atoms with van der Waals surface area (Å²) in [6.07, 6.45) is 1.90. The molecule has 2 atom stereocenters. The van der Waals surface area contributed by atoms with Crippen molar-refractivity contribution in [2.75, 3.05) is 39.7 Å². The van der Waals surface area contributed by atoms with E-state index in [0.717, 1.165) is 12.8 Å². The highest BCUT2D eigenvalue weighted by molar-refractivity contribution is 7.89. The topological polar surface area (TPSA) is 106 Å². The number of carbonyl (C=O) groups excluding carboxylic acids is 1. The number of carbonyl (C=O) groups is 1. The number of benzene rings is 2. The lowest BCUT2D eigenvalue weighted by Crippen LogP contribution is -2.44. The zero-order valence-electron chi connectivity index (χ0n) is 22.8. The van der Waals surface area contributed by atoms with Gasteiger partial charge < -0.3 is 24.8 Å². The number of rotatable bonds is 9. The van der Waals surface area contributed by atoms with Crippen LogP contribution in [0.3, 0.4) is 0 Å². The maximum Gasteiger partial charge on any atom is 0.247 e. The Bertz CT molecular complexity index is 1170. The number of hydrogen-bond acceptors (Lipinski definition) is 7. The molecule has 204 valence electrons. The minimum absolute atomic E-state index is 0.232. The van der Waals surface area contributed by atoms with Gasteiger partial charge in [0, 0.05) is 24.3 Å². The van der Waals surface area contributed by atoms with Crippen molar-refractivity contribution in [1.82, 2.24) is 9.62 Å². The molecule has 1 fully saturated rings. The van der Waals surface area contributed by atoms with Gasteiger partial charge in [0.1, 0.15) is 6.04 Å². The van der Waals surface area contributed by atoms with Gasteiger partial charge >= 0.3 is 0 Å². The van der Waals surface area contributed by atoms with Crippen LogP contribution in [0.5, 0.6) is 17.2 Å². The minimum Gasteiger partial charge on any atom is -0.493 e. The van der Waals surface area contributed by atoms with Crippen LogP contribution in [0.2, 0.25) is 0 Å². The lowest BCUT2D eigenvalue weighted by molar-refractivity contribution is -0.123. The molecule has 1 aliphatic heterocycles. The maximum absolute atomic E-state index is 13.4. The van der Waals surface area contributed by atoms with Crippen molar-refractivity contribution in [3.63, 3.8) is 0 Å². The average molecular weight is 534 g/mol. The van der Waals surface area contributed by atoms with E-state index in [2.05, 4.69) is 17.6 Å². The normalized spacial score (nSPS) is 17.5. The SMILES string of the molecule is COc1cc([C@H](Nc2ccc(S(=O)(=O)N3CCC[C@@H](C)C3)cc2)C(=O)NC(C)(C)C)cc(OC)c1OC. The first-order chi connectivity index (χ1) is 17.4. The first-order valence-corrected chi connectivity index (χ1v) is 13.8. The van der Waals surface area contributed by atoms with Crippen molar-refractivity contribution in [2.24, 2.45) is 5.92 Å². The van der Waals surface area contributed by atoms with E-state index in [1.54, 1.807) is 40.7 Å². The van der Waals surface area contributed by atoms with E-state index >= 15 is 0 Å². The van der Waals surface area contributed by atoms with Crippen LogP contribution in [0.1, 0.15) is 52.1 Å². The zero-order chi connectivity index (χ0) is 27.4. The Morgan fingerprint density at radius 3 is 2.11 bits per heavy atom. The second-order valence-electron chi connectivity index (χ2n) is 10.4. The number of ether oxygens (including phenoxy) is 3. The second kappa shape index (κ2) is 11.6. The standard InChI is InChI=1S/C27H39N3O6S/c1-18-9-8-14-30(17-18)37(32,33)21-12-10-20(11-13-21)28-24(26(31)29-27(2,3)4)19-15-22(34-5)25(36-7)23(16-19)35-6/h10-13,15-16,18,24,28H,8-9,14,17H2,1-7H3,(H,29,31)/t18-,24+/m1/s1. The van der Waals surface area contributed by atoms with E-state index in [1.165, 1.54) is 21.3 Å². The third kappa shape index (κ3) is 6.87. The number of anilines is 1. The van der Waals surface area contributed by atoms with Crippen molar-refractivity contribution in [3.8, 4) is 17.2 Å².